The molecular formula is C10H9Br2ClN2OS. The number of rotatable bonds is 3. The van der Waals surface area contributed by atoms with Gasteiger partial charge < -0.3 is 5.11 Å². The second-order valence-electron chi connectivity index (χ2n) is 3.37. The van der Waals surface area contributed by atoms with Crippen molar-refractivity contribution in [1.82, 2.24) is 9.78 Å². The molecule has 0 saturated carbocycles. The van der Waals surface area contributed by atoms with Gasteiger partial charge in [-0.15, -0.1) is 11.3 Å². The first-order chi connectivity index (χ1) is 8.04. The van der Waals surface area contributed by atoms with Gasteiger partial charge in [-0.25, -0.2) is 0 Å². The van der Waals surface area contributed by atoms with E-state index in [-0.39, 0.29) is 0 Å². The SMILES string of the molecule is CCn1ncc(Br)c1C(O)c1cc(Br)c(Cl)s1. The van der Waals surface area contributed by atoms with E-state index in [4.69, 9.17) is 11.6 Å². The van der Waals surface area contributed by atoms with Gasteiger partial charge in [0.15, 0.2) is 0 Å². The van der Waals surface area contributed by atoms with Crippen LogP contribution in [-0.2, 0) is 6.54 Å². The van der Waals surface area contributed by atoms with Gasteiger partial charge in [0, 0.05) is 15.9 Å². The van der Waals surface area contributed by atoms with Crippen molar-refractivity contribution in [3.05, 3.63) is 36.1 Å². The second kappa shape index (κ2) is 5.40. The number of thiophene rings is 1. The van der Waals surface area contributed by atoms with E-state index in [1.807, 2.05) is 13.0 Å². The van der Waals surface area contributed by atoms with E-state index in [2.05, 4.69) is 37.0 Å². The van der Waals surface area contributed by atoms with Gasteiger partial charge in [0.1, 0.15) is 10.4 Å². The van der Waals surface area contributed by atoms with Crippen LogP contribution in [0.25, 0.3) is 0 Å². The predicted octanol–water partition coefficient (Wildman–Crippen LogP) is 4.22. The molecule has 0 aromatic carbocycles. The summed E-state index contributed by atoms with van der Waals surface area (Å²) in [6.45, 7) is 2.69. The molecular weight excluding hydrogens is 391 g/mol. The van der Waals surface area contributed by atoms with Crippen molar-refractivity contribution in [2.45, 2.75) is 19.6 Å². The first-order valence-electron chi connectivity index (χ1n) is 4.88. The maximum absolute atomic E-state index is 10.4. The molecule has 3 nitrogen and oxygen atoms in total. The van der Waals surface area contributed by atoms with Crippen LogP contribution in [0.4, 0.5) is 0 Å². The van der Waals surface area contributed by atoms with Crippen molar-refractivity contribution >= 4 is 54.8 Å². The Balaban J connectivity index is 2.42. The molecule has 0 aliphatic carbocycles. The highest BCUT2D eigenvalue weighted by Gasteiger charge is 2.21. The number of hydrogen-bond donors (Lipinski definition) is 1. The number of aliphatic hydroxyl groups is 1. The Morgan fingerprint density at radius 1 is 1.53 bits per heavy atom. The number of aliphatic hydroxyl groups excluding tert-OH is 1. The van der Waals surface area contributed by atoms with Crippen molar-refractivity contribution in [2.24, 2.45) is 0 Å². The highest BCUT2D eigenvalue weighted by molar-refractivity contribution is 9.10. The zero-order valence-electron chi connectivity index (χ0n) is 8.82. The van der Waals surface area contributed by atoms with Gasteiger partial charge in [-0.1, -0.05) is 11.6 Å². The van der Waals surface area contributed by atoms with Gasteiger partial charge in [-0.2, -0.15) is 5.10 Å². The molecule has 17 heavy (non-hydrogen) atoms. The third-order valence-electron chi connectivity index (χ3n) is 2.33. The highest BCUT2D eigenvalue weighted by atomic mass is 79.9. The van der Waals surface area contributed by atoms with Gasteiger partial charge in [0.25, 0.3) is 0 Å². The number of aryl methyl sites for hydroxylation is 1. The predicted molar refractivity (Wildman–Crippen MR) is 76.7 cm³/mol. The molecule has 0 aliphatic heterocycles. The molecule has 1 unspecified atom stereocenters. The Morgan fingerprint density at radius 2 is 2.24 bits per heavy atom. The average molecular weight is 401 g/mol. The summed E-state index contributed by atoms with van der Waals surface area (Å²) in [5, 5.41) is 14.5. The first-order valence-corrected chi connectivity index (χ1v) is 7.66. The number of nitrogens with zero attached hydrogens (tertiary/aromatic N) is 2. The lowest BCUT2D eigenvalue weighted by Crippen LogP contribution is -2.08. The summed E-state index contributed by atoms with van der Waals surface area (Å²) in [6.07, 6.45) is 0.965. The van der Waals surface area contributed by atoms with Gasteiger partial charge in [-0.3, -0.25) is 4.68 Å². The topological polar surface area (TPSA) is 38.0 Å². The highest BCUT2D eigenvalue weighted by Crippen LogP contribution is 2.38. The molecule has 2 aromatic rings. The molecule has 0 amide bonds. The minimum absolute atomic E-state index is 0.637. The zero-order chi connectivity index (χ0) is 12.6. The van der Waals surface area contributed by atoms with Crippen molar-refractivity contribution in [3.8, 4) is 0 Å². The molecule has 2 aromatic heterocycles. The normalized spacial score (nSPS) is 13.0. The third kappa shape index (κ3) is 2.61. The maximum atomic E-state index is 10.4. The van der Waals surface area contributed by atoms with Crippen LogP contribution in [0.3, 0.4) is 0 Å². The Hall–Kier alpha value is 0.120. The Kier molecular flexibility index (Phi) is 4.31. The van der Waals surface area contributed by atoms with Crippen molar-refractivity contribution < 1.29 is 5.11 Å². The number of halogens is 3. The standard InChI is InChI=1S/C10H9Br2ClN2OS/c1-2-15-8(6(12)4-14-15)9(16)7-3-5(11)10(13)17-7/h3-4,9,16H,2H2,1H3. The lowest BCUT2D eigenvalue weighted by molar-refractivity contribution is 0.211. The van der Waals surface area contributed by atoms with E-state index in [9.17, 15) is 5.11 Å². The molecule has 1 atom stereocenters. The second-order valence-corrected chi connectivity index (χ2v) is 6.76. The van der Waals surface area contributed by atoms with Crippen molar-refractivity contribution in [3.63, 3.8) is 0 Å². The summed E-state index contributed by atoms with van der Waals surface area (Å²) >= 11 is 14.1. The van der Waals surface area contributed by atoms with E-state index in [0.717, 1.165) is 19.5 Å². The summed E-state index contributed by atoms with van der Waals surface area (Å²) in [5.74, 6) is 0. The number of aromatic nitrogens is 2. The average Bonchev–Trinajstić information content (AvgIpc) is 2.82. The van der Waals surface area contributed by atoms with E-state index in [1.54, 1.807) is 10.9 Å². The van der Waals surface area contributed by atoms with E-state index < -0.39 is 6.10 Å². The fourth-order valence-corrected chi connectivity index (χ4v) is 3.77. The Bertz CT molecular complexity index is 521. The molecule has 0 aliphatic rings. The monoisotopic (exact) mass is 398 g/mol. The lowest BCUT2D eigenvalue weighted by Gasteiger charge is -2.11. The Labute approximate surface area is 125 Å². The van der Waals surface area contributed by atoms with Crippen molar-refractivity contribution in [1.29, 1.82) is 0 Å². The van der Waals surface area contributed by atoms with Crippen LogP contribution in [0.15, 0.2) is 21.2 Å². The minimum Gasteiger partial charge on any atom is -0.381 e. The fourth-order valence-electron chi connectivity index (χ4n) is 1.53. The van der Waals surface area contributed by atoms with Crippen LogP contribution >= 0.6 is 54.8 Å². The minimum atomic E-state index is -0.722. The molecule has 0 bridgehead atoms. The summed E-state index contributed by atoms with van der Waals surface area (Å²) in [6, 6.07) is 1.83. The summed E-state index contributed by atoms with van der Waals surface area (Å²) in [5.41, 5.74) is 0.748. The molecule has 92 valence electrons. The molecule has 0 fully saturated rings. The van der Waals surface area contributed by atoms with Crippen LogP contribution in [0.5, 0.6) is 0 Å². The Morgan fingerprint density at radius 3 is 2.76 bits per heavy atom. The molecule has 0 saturated heterocycles. The van der Waals surface area contributed by atoms with E-state index in [0.29, 0.717) is 10.9 Å². The van der Waals surface area contributed by atoms with Crippen LogP contribution in [0.1, 0.15) is 23.6 Å². The van der Waals surface area contributed by atoms with Gasteiger partial charge in [-0.05, 0) is 44.8 Å². The quantitative estimate of drug-likeness (QED) is 0.838. The van der Waals surface area contributed by atoms with Crippen LogP contribution in [0, 0.1) is 0 Å². The largest absolute Gasteiger partial charge is 0.381 e. The molecule has 7 heteroatoms. The lowest BCUT2D eigenvalue weighted by atomic mass is 10.2. The molecule has 0 spiro atoms. The van der Waals surface area contributed by atoms with E-state index >= 15 is 0 Å². The summed E-state index contributed by atoms with van der Waals surface area (Å²) in [7, 11) is 0. The van der Waals surface area contributed by atoms with Gasteiger partial charge >= 0.3 is 0 Å². The van der Waals surface area contributed by atoms with Crippen molar-refractivity contribution in [2.75, 3.05) is 0 Å². The first kappa shape index (κ1) is 13.5. The molecule has 2 rings (SSSR count). The van der Waals surface area contributed by atoms with Crippen LogP contribution < -0.4 is 0 Å². The van der Waals surface area contributed by atoms with Gasteiger partial charge in [0.05, 0.1) is 16.4 Å². The summed E-state index contributed by atoms with van der Waals surface area (Å²) in [4.78, 5) is 0.790. The molecule has 1 N–H and O–H groups in total. The summed E-state index contributed by atoms with van der Waals surface area (Å²) < 4.78 is 4.00. The zero-order valence-corrected chi connectivity index (χ0v) is 13.6. The van der Waals surface area contributed by atoms with Gasteiger partial charge in [0.2, 0.25) is 0 Å². The maximum Gasteiger partial charge on any atom is 0.131 e. The third-order valence-corrected chi connectivity index (χ3v) is 5.46. The van der Waals surface area contributed by atoms with E-state index in [1.165, 1.54) is 11.3 Å². The smallest absolute Gasteiger partial charge is 0.131 e. The fraction of sp³-hybridized carbons (Fsp3) is 0.300. The van der Waals surface area contributed by atoms with Crippen LogP contribution in [0.2, 0.25) is 4.34 Å². The molecule has 2 heterocycles. The van der Waals surface area contributed by atoms with Crippen LogP contribution in [-0.4, -0.2) is 14.9 Å². The molecule has 0 radical (unpaired) electrons. The number of hydrogen-bond acceptors (Lipinski definition) is 3.